The first-order chi connectivity index (χ1) is 7.06. The fraction of sp³-hybridized carbons (Fsp3) is 0.364. The molecular formula is C11H13NO2Se. The van der Waals surface area contributed by atoms with Crippen molar-refractivity contribution in [2.45, 2.75) is 19.4 Å². The van der Waals surface area contributed by atoms with Crippen molar-refractivity contribution >= 4 is 24.4 Å². The standard InChI is InChI=1S/C11H13NO2Se/c1-11(2,7-13)12-10(14)8-5-3-4-6-9(8)15-12/h3-6,13H,7H2,1-2H3. The Labute approximate surface area is 93.9 Å². The number of benzene rings is 1. The number of hydrogen-bond donors (Lipinski definition) is 1. The summed E-state index contributed by atoms with van der Waals surface area (Å²) in [5.41, 5.74) is -0.416. The van der Waals surface area contributed by atoms with Crippen LogP contribution >= 0.6 is 0 Å². The van der Waals surface area contributed by atoms with Gasteiger partial charge in [0.15, 0.2) is 0 Å². The minimum atomic E-state index is -0.462. The molecule has 0 aliphatic carbocycles. The van der Waals surface area contributed by atoms with Crippen LogP contribution in [-0.4, -0.2) is 30.0 Å². The predicted octanol–water partition coefficient (Wildman–Crippen LogP) is 0.786. The first-order valence-electron chi connectivity index (χ1n) is 4.79. The number of hydrogen-bond acceptors (Lipinski definition) is 2. The normalized spacial score (nSPS) is 12.2. The molecule has 0 aliphatic heterocycles. The van der Waals surface area contributed by atoms with Crippen LogP contribution < -0.4 is 5.56 Å². The Morgan fingerprint density at radius 1 is 1.40 bits per heavy atom. The van der Waals surface area contributed by atoms with Crippen molar-refractivity contribution in [1.29, 1.82) is 0 Å². The van der Waals surface area contributed by atoms with Gasteiger partial charge in [-0.3, -0.25) is 0 Å². The van der Waals surface area contributed by atoms with Crippen LogP contribution in [0.2, 0.25) is 0 Å². The van der Waals surface area contributed by atoms with E-state index in [4.69, 9.17) is 0 Å². The van der Waals surface area contributed by atoms with Crippen LogP contribution in [0.15, 0.2) is 29.1 Å². The predicted molar refractivity (Wildman–Crippen MR) is 61.6 cm³/mol. The summed E-state index contributed by atoms with van der Waals surface area (Å²) in [6.45, 7) is 3.77. The van der Waals surface area contributed by atoms with E-state index in [0.717, 1.165) is 9.65 Å². The molecule has 0 radical (unpaired) electrons. The van der Waals surface area contributed by atoms with E-state index in [1.807, 2.05) is 38.1 Å². The molecule has 2 rings (SSSR count). The zero-order valence-corrected chi connectivity index (χ0v) is 10.4. The van der Waals surface area contributed by atoms with Crippen molar-refractivity contribution in [3.63, 3.8) is 0 Å². The fourth-order valence-corrected chi connectivity index (χ4v) is 3.69. The second-order valence-corrected chi connectivity index (χ2v) is 6.23. The third kappa shape index (κ3) is 1.69. The van der Waals surface area contributed by atoms with Crippen LogP contribution in [0, 0.1) is 0 Å². The molecule has 4 heteroatoms. The number of nitrogens with zero attached hydrogens (tertiary/aromatic N) is 1. The molecule has 0 saturated carbocycles. The monoisotopic (exact) mass is 271 g/mol. The van der Waals surface area contributed by atoms with E-state index in [0.29, 0.717) is 0 Å². The van der Waals surface area contributed by atoms with E-state index in [-0.39, 0.29) is 26.9 Å². The molecule has 0 fully saturated rings. The Morgan fingerprint density at radius 3 is 2.67 bits per heavy atom. The van der Waals surface area contributed by atoms with Gasteiger partial charge < -0.3 is 0 Å². The Kier molecular flexibility index (Phi) is 2.59. The van der Waals surface area contributed by atoms with E-state index >= 15 is 0 Å². The van der Waals surface area contributed by atoms with Crippen molar-refractivity contribution in [3.8, 4) is 0 Å². The Balaban J connectivity index is 2.74. The topological polar surface area (TPSA) is 42.2 Å². The van der Waals surface area contributed by atoms with E-state index in [1.54, 1.807) is 3.56 Å². The van der Waals surface area contributed by atoms with Crippen LogP contribution in [0.3, 0.4) is 0 Å². The fourth-order valence-electron chi connectivity index (χ4n) is 1.43. The van der Waals surface area contributed by atoms with E-state index < -0.39 is 5.54 Å². The molecule has 0 atom stereocenters. The number of aliphatic hydroxyl groups is 1. The van der Waals surface area contributed by atoms with Gasteiger partial charge in [-0.1, -0.05) is 0 Å². The summed E-state index contributed by atoms with van der Waals surface area (Å²) < 4.78 is 2.89. The van der Waals surface area contributed by atoms with Gasteiger partial charge in [0.1, 0.15) is 0 Å². The maximum atomic E-state index is 12.0. The molecule has 0 unspecified atom stereocenters. The van der Waals surface area contributed by atoms with Crippen LogP contribution in [0.1, 0.15) is 13.8 Å². The molecule has 1 aromatic heterocycles. The molecule has 3 nitrogen and oxygen atoms in total. The average Bonchev–Trinajstić information content (AvgIpc) is 2.58. The molecule has 2 aromatic rings. The van der Waals surface area contributed by atoms with Gasteiger partial charge in [0.05, 0.1) is 0 Å². The third-order valence-corrected chi connectivity index (χ3v) is 5.36. The summed E-state index contributed by atoms with van der Waals surface area (Å²) in [5, 5.41) is 10.1. The van der Waals surface area contributed by atoms with Crippen LogP contribution in [0.5, 0.6) is 0 Å². The summed E-state index contributed by atoms with van der Waals surface area (Å²) >= 11 is -0.0000926. The quantitative estimate of drug-likeness (QED) is 0.820. The summed E-state index contributed by atoms with van der Waals surface area (Å²) in [5.74, 6) is 0. The van der Waals surface area contributed by atoms with Gasteiger partial charge in [-0.2, -0.15) is 0 Å². The van der Waals surface area contributed by atoms with Gasteiger partial charge in [-0.05, 0) is 0 Å². The first kappa shape index (κ1) is 10.7. The average molecular weight is 270 g/mol. The zero-order valence-electron chi connectivity index (χ0n) is 8.73. The first-order valence-corrected chi connectivity index (χ1v) is 6.41. The minimum absolute atomic E-state index is 0.0000926. The molecule has 15 heavy (non-hydrogen) atoms. The van der Waals surface area contributed by atoms with Crippen molar-refractivity contribution in [1.82, 2.24) is 3.56 Å². The zero-order chi connectivity index (χ0) is 11.1. The van der Waals surface area contributed by atoms with Gasteiger partial charge in [-0.15, -0.1) is 0 Å². The summed E-state index contributed by atoms with van der Waals surface area (Å²) in [6.07, 6.45) is 0. The van der Waals surface area contributed by atoms with Crippen LogP contribution in [-0.2, 0) is 5.54 Å². The van der Waals surface area contributed by atoms with Gasteiger partial charge in [0.25, 0.3) is 0 Å². The molecule has 0 bridgehead atoms. The molecule has 0 spiro atoms. The molecule has 0 aliphatic rings. The number of aliphatic hydroxyl groups excluding tert-OH is 1. The number of fused-ring (bicyclic) bond motifs is 1. The van der Waals surface area contributed by atoms with E-state index in [1.165, 1.54) is 0 Å². The second kappa shape index (κ2) is 3.63. The Morgan fingerprint density at radius 2 is 2.07 bits per heavy atom. The Hall–Kier alpha value is -0.831. The number of aromatic nitrogens is 1. The summed E-state index contributed by atoms with van der Waals surface area (Å²) in [6, 6.07) is 7.67. The molecule has 1 N–H and O–H groups in total. The van der Waals surface area contributed by atoms with Gasteiger partial charge in [0, 0.05) is 0 Å². The maximum absolute atomic E-state index is 12.0. The van der Waals surface area contributed by atoms with Gasteiger partial charge in [0.2, 0.25) is 0 Å². The van der Waals surface area contributed by atoms with E-state index in [2.05, 4.69) is 0 Å². The van der Waals surface area contributed by atoms with Crippen molar-refractivity contribution in [2.24, 2.45) is 0 Å². The second-order valence-electron chi connectivity index (χ2n) is 4.16. The van der Waals surface area contributed by atoms with Crippen molar-refractivity contribution in [2.75, 3.05) is 6.61 Å². The van der Waals surface area contributed by atoms with Gasteiger partial charge >= 0.3 is 93.7 Å². The van der Waals surface area contributed by atoms with Crippen molar-refractivity contribution in [3.05, 3.63) is 34.6 Å². The SMILES string of the molecule is CC(C)(CO)n1[se]c2ccccc2c1=O. The molecule has 1 aromatic carbocycles. The third-order valence-electron chi connectivity index (χ3n) is 2.43. The van der Waals surface area contributed by atoms with E-state index in [9.17, 15) is 9.90 Å². The Bertz CT molecular complexity index is 539. The summed E-state index contributed by atoms with van der Waals surface area (Å²) in [4.78, 5) is 12.0. The molecule has 0 saturated heterocycles. The summed E-state index contributed by atoms with van der Waals surface area (Å²) in [7, 11) is 0. The molecule has 80 valence electrons. The molecular weight excluding hydrogens is 257 g/mol. The molecule has 0 amide bonds. The van der Waals surface area contributed by atoms with Crippen LogP contribution in [0.4, 0.5) is 0 Å². The van der Waals surface area contributed by atoms with Crippen molar-refractivity contribution < 1.29 is 5.11 Å². The van der Waals surface area contributed by atoms with Crippen LogP contribution in [0.25, 0.3) is 9.65 Å². The number of rotatable bonds is 2. The van der Waals surface area contributed by atoms with Gasteiger partial charge in [-0.25, -0.2) is 0 Å². The molecule has 1 heterocycles.